The molecule has 3 atom stereocenters. The van der Waals surface area contributed by atoms with Gasteiger partial charge in [0.25, 0.3) is 0 Å². The molecule has 0 aromatic carbocycles. The van der Waals surface area contributed by atoms with Gasteiger partial charge in [-0.05, 0) is 12.8 Å². The van der Waals surface area contributed by atoms with Crippen molar-refractivity contribution in [1.82, 2.24) is 0 Å². The highest BCUT2D eigenvalue weighted by atomic mass is 16.8. The van der Waals surface area contributed by atoms with Crippen molar-refractivity contribution < 1.29 is 18.9 Å². The van der Waals surface area contributed by atoms with E-state index in [1.807, 2.05) is 0 Å². The van der Waals surface area contributed by atoms with E-state index in [0.717, 1.165) is 19.3 Å². The van der Waals surface area contributed by atoms with Crippen LogP contribution >= 0.6 is 0 Å². The zero-order valence-electron chi connectivity index (χ0n) is 9.81. The van der Waals surface area contributed by atoms with Crippen molar-refractivity contribution in [3.8, 4) is 0 Å². The Balaban J connectivity index is 1.66. The van der Waals surface area contributed by atoms with E-state index in [1.54, 1.807) is 7.11 Å². The molecule has 0 aromatic heterocycles. The Morgan fingerprint density at radius 3 is 2.56 bits per heavy atom. The topological polar surface area (TPSA) is 36.9 Å². The first-order chi connectivity index (χ1) is 7.81. The van der Waals surface area contributed by atoms with Crippen LogP contribution in [0, 0.1) is 0 Å². The molecular formula is C12H20O4. The summed E-state index contributed by atoms with van der Waals surface area (Å²) in [6, 6.07) is 0. The molecule has 3 aliphatic rings. The molecule has 0 unspecified atom stereocenters. The summed E-state index contributed by atoms with van der Waals surface area (Å²) in [6.07, 6.45) is 6.77. The second kappa shape index (κ2) is 4.26. The van der Waals surface area contributed by atoms with E-state index in [9.17, 15) is 0 Å². The van der Waals surface area contributed by atoms with Crippen LogP contribution in [0.2, 0.25) is 0 Å². The maximum atomic E-state index is 6.14. The quantitative estimate of drug-likeness (QED) is 0.686. The van der Waals surface area contributed by atoms with Crippen molar-refractivity contribution in [3.63, 3.8) is 0 Å². The lowest BCUT2D eigenvalue weighted by molar-refractivity contribution is -0.194. The lowest BCUT2D eigenvalue weighted by Gasteiger charge is -2.31. The number of hydrogen-bond donors (Lipinski definition) is 0. The molecule has 2 heterocycles. The zero-order chi connectivity index (χ0) is 11.0. The highest BCUT2D eigenvalue weighted by Crippen LogP contribution is 2.43. The molecule has 16 heavy (non-hydrogen) atoms. The van der Waals surface area contributed by atoms with Gasteiger partial charge in [-0.15, -0.1) is 0 Å². The first-order valence-electron chi connectivity index (χ1n) is 6.31. The molecule has 2 aliphatic heterocycles. The van der Waals surface area contributed by atoms with Gasteiger partial charge in [-0.25, -0.2) is 0 Å². The Labute approximate surface area is 96.2 Å². The van der Waals surface area contributed by atoms with Gasteiger partial charge < -0.3 is 18.9 Å². The third-order valence-corrected chi connectivity index (χ3v) is 3.90. The first-order valence-corrected chi connectivity index (χ1v) is 6.31. The Kier molecular flexibility index (Phi) is 2.92. The van der Waals surface area contributed by atoms with Gasteiger partial charge in [-0.3, -0.25) is 0 Å². The van der Waals surface area contributed by atoms with Crippen molar-refractivity contribution in [2.75, 3.05) is 13.7 Å². The average molecular weight is 228 g/mol. The van der Waals surface area contributed by atoms with Crippen molar-refractivity contribution in [2.45, 2.75) is 62.8 Å². The molecule has 1 aliphatic carbocycles. The fraction of sp³-hybridized carbons (Fsp3) is 1.00. The third-order valence-electron chi connectivity index (χ3n) is 3.90. The molecule has 0 amide bonds. The van der Waals surface area contributed by atoms with Gasteiger partial charge in [0.1, 0.15) is 6.10 Å². The van der Waals surface area contributed by atoms with Crippen LogP contribution in [-0.4, -0.2) is 38.0 Å². The maximum Gasteiger partial charge on any atom is 0.169 e. The summed E-state index contributed by atoms with van der Waals surface area (Å²) < 4.78 is 23.0. The van der Waals surface area contributed by atoms with Crippen LogP contribution in [0.3, 0.4) is 0 Å². The summed E-state index contributed by atoms with van der Waals surface area (Å²) in [5.41, 5.74) is 0. The van der Waals surface area contributed by atoms with E-state index < -0.39 is 0 Å². The lowest BCUT2D eigenvalue weighted by atomic mass is 9.94. The van der Waals surface area contributed by atoms with Crippen molar-refractivity contribution in [1.29, 1.82) is 0 Å². The monoisotopic (exact) mass is 228 g/mol. The van der Waals surface area contributed by atoms with E-state index in [-0.39, 0.29) is 24.3 Å². The molecule has 0 radical (unpaired) electrons. The SMILES string of the molecule is CO[C@@H]1C[C@@H]2OC3(CCCCC3)O[C@@H]2CO1. The second-order valence-corrected chi connectivity index (χ2v) is 5.02. The molecule has 1 spiro atoms. The molecular weight excluding hydrogens is 208 g/mol. The number of methoxy groups -OCH3 is 1. The smallest absolute Gasteiger partial charge is 0.169 e. The minimum atomic E-state index is -0.292. The minimum absolute atomic E-state index is 0.115. The van der Waals surface area contributed by atoms with E-state index in [2.05, 4.69) is 0 Å². The predicted molar refractivity (Wildman–Crippen MR) is 56.9 cm³/mol. The summed E-state index contributed by atoms with van der Waals surface area (Å²) >= 11 is 0. The number of hydrogen-bond acceptors (Lipinski definition) is 4. The van der Waals surface area contributed by atoms with Gasteiger partial charge in [-0.2, -0.15) is 0 Å². The van der Waals surface area contributed by atoms with Crippen LogP contribution in [0.5, 0.6) is 0 Å². The van der Waals surface area contributed by atoms with Gasteiger partial charge in [-0.1, -0.05) is 6.42 Å². The molecule has 4 heteroatoms. The standard InChI is InChI=1S/C12H20O4/c1-13-11-7-9-10(8-14-11)16-12(15-9)5-3-2-4-6-12/h9-11H,2-8H2,1H3/t9-,10+,11-/m0/s1. The molecule has 0 aromatic rings. The van der Waals surface area contributed by atoms with E-state index >= 15 is 0 Å². The highest BCUT2D eigenvalue weighted by molar-refractivity contribution is 4.90. The Bertz CT molecular complexity index is 249. The molecule has 1 saturated carbocycles. The second-order valence-electron chi connectivity index (χ2n) is 5.02. The predicted octanol–water partition coefficient (Wildman–Crippen LogP) is 1.82. The van der Waals surface area contributed by atoms with E-state index in [0.29, 0.717) is 6.61 Å². The fourth-order valence-corrected chi connectivity index (χ4v) is 3.02. The normalized spacial score (nSPS) is 42.2. The van der Waals surface area contributed by atoms with Gasteiger partial charge in [0.15, 0.2) is 12.1 Å². The van der Waals surface area contributed by atoms with Crippen molar-refractivity contribution >= 4 is 0 Å². The number of fused-ring (bicyclic) bond motifs is 1. The lowest BCUT2D eigenvalue weighted by Crippen LogP contribution is -2.39. The molecule has 3 rings (SSSR count). The van der Waals surface area contributed by atoms with Gasteiger partial charge in [0.05, 0.1) is 12.7 Å². The fourth-order valence-electron chi connectivity index (χ4n) is 3.02. The summed E-state index contributed by atoms with van der Waals surface area (Å²) in [5.74, 6) is -0.292. The average Bonchev–Trinajstić information content (AvgIpc) is 2.66. The van der Waals surface area contributed by atoms with Crippen LogP contribution in [0.25, 0.3) is 0 Å². The first kappa shape index (κ1) is 11.0. The summed E-state index contributed by atoms with van der Waals surface area (Å²) in [4.78, 5) is 0. The Hall–Kier alpha value is -0.160. The van der Waals surface area contributed by atoms with Gasteiger partial charge in [0.2, 0.25) is 0 Å². The van der Waals surface area contributed by atoms with Gasteiger partial charge in [0, 0.05) is 26.4 Å². The van der Waals surface area contributed by atoms with Crippen molar-refractivity contribution in [2.24, 2.45) is 0 Å². The van der Waals surface area contributed by atoms with Crippen LogP contribution in [-0.2, 0) is 18.9 Å². The molecule has 0 N–H and O–H groups in total. The molecule has 4 nitrogen and oxygen atoms in total. The van der Waals surface area contributed by atoms with E-state index in [4.69, 9.17) is 18.9 Å². The summed E-state index contributed by atoms with van der Waals surface area (Å²) in [5, 5.41) is 0. The van der Waals surface area contributed by atoms with E-state index in [1.165, 1.54) is 19.3 Å². The highest BCUT2D eigenvalue weighted by Gasteiger charge is 2.50. The summed E-state index contributed by atoms with van der Waals surface area (Å²) in [6.45, 7) is 0.602. The molecule has 0 bridgehead atoms. The van der Waals surface area contributed by atoms with Crippen LogP contribution in [0.15, 0.2) is 0 Å². The molecule has 92 valence electrons. The number of rotatable bonds is 1. The largest absolute Gasteiger partial charge is 0.356 e. The zero-order valence-corrected chi connectivity index (χ0v) is 9.81. The Morgan fingerprint density at radius 1 is 1.06 bits per heavy atom. The number of ether oxygens (including phenoxy) is 4. The molecule has 2 saturated heterocycles. The van der Waals surface area contributed by atoms with Crippen LogP contribution in [0.1, 0.15) is 38.5 Å². The van der Waals surface area contributed by atoms with Crippen molar-refractivity contribution in [3.05, 3.63) is 0 Å². The van der Waals surface area contributed by atoms with Gasteiger partial charge >= 0.3 is 0 Å². The third kappa shape index (κ3) is 1.88. The maximum absolute atomic E-state index is 6.14. The van der Waals surface area contributed by atoms with Crippen LogP contribution < -0.4 is 0 Å². The summed E-state index contributed by atoms with van der Waals surface area (Å²) in [7, 11) is 1.68. The minimum Gasteiger partial charge on any atom is -0.356 e. The van der Waals surface area contributed by atoms with Crippen LogP contribution in [0.4, 0.5) is 0 Å². The molecule has 3 fully saturated rings. The Morgan fingerprint density at radius 2 is 1.81 bits per heavy atom.